The molecule has 2 atom stereocenters. The lowest BCUT2D eigenvalue weighted by atomic mass is 10.1. The van der Waals surface area contributed by atoms with Crippen LogP contribution in [0.25, 0.3) is 11.2 Å². The van der Waals surface area contributed by atoms with Crippen LogP contribution in [0.4, 0.5) is 5.82 Å². The molecule has 1 fully saturated rings. The lowest BCUT2D eigenvalue weighted by Gasteiger charge is -2.32. The van der Waals surface area contributed by atoms with E-state index in [2.05, 4.69) is 25.3 Å². The molecule has 26 heavy (non-hydrogen) atoms. The molecule has 0 bridgehead atoms. The summed E-state index contributed by atoms with van der Waals surface area (Å²) in [6, 6.07) is 6.25. The molecule has 9 heteroatoms. The fraction of sp³-hybridized carbons (Fsp3) is 0.294. The van der Waals surface area contributed by atoms with Crippen molar-refractivity contribution in [2.45, 2.75) is 18.6 Å². The van der Waals surface area contributed by atoms with Gasteiger partial charge in [0.1, 0.15) is 23.7 Å². The predicted octanol–water partition coefficient (Wildman–Crippen LogP) is 1.70. The molecule has 3 aromatic rings. The van der Waals surface area contributed by atoms with Crippen LogP contribution in [0.2, 0.25) is 0 Å². The van der Waals surface area contributed by atoms with Gasteiger partial charge in [-0.3, -0.25) is 0 Å². The third kappa shape index (κ3) is 3.29. The van der Waals surface area contributed by atoms with Crippen molar-refractivity contribution in [1.29, 1.82) is 0 Å². The summed E-state index contributed by atoms with van der Waals surface area (Å²) >= 11 is 0. The molecular weight excluding hydrogens is 338 g/mol. The molecule has 134 valence electrons. The number of aromatic amines is 1. The van der Waals surface area contributed by atoms with Gasteiger partial charge in [-0.05, 0) is 24.3 Å². The van der Waals surface area contributed by atoms with Gasteiger partial charge in [0.05, 0.1) is 31.1 Å². The Labute approximate surface area is 148 Å². The van der Waals surface area contributed by atoms with E-state index in [4.69, 9.17) is 14.6 Å². The maximum atomic E-state index is 11.0. The van der Waals surface area contributed by atoms with E-state index in [0.29, 0.717) is 36.8 Å². The third-order valence-electron chi connectivity index (χ3n) is 4.23. The molecule has 1 saturated heterocycles. The molecular formula is C17H17N5O4. The number of nitrogens with one attached hydrogen (secondary N) is 2. The fourth-order valence-corrected chi connectivity index (χ4v) is 2.89. The number of hydrogen-bond acceptors (Lipinski definition) is 7. The Morgan fingerprint density at radius 3 is 2.92 bits per heavy atom. The Hall–Kier alpha value is -3.20. The van der Waals surface area contributed by atoms with Crippen molar-refractivity contribution < 1.29 is 19.4 Å². The number of carboxylic acids is 1. The zero-order valence-electron chi connectivity index (χ0n) is 13.8. The van der Waals surface area contributed by atoms with E-state index in [1.54, 1.807) is 18.5 Å². The SMILES string of the molecule is O=C(O)c1ccc(O[C@@H]2CCOC[C@H]2Nc2ncnc3nc[nH]c23)cc1. The molecule has 4 rings (SSSR count). The number of ether oxygens (including phenoxy) is 2. The van der Waals surface area contributed by atoms with Crippen LogP contribution < -0.4 is 10.1 Å². The summed E-state index contributed by atoms with van der Waals surface area (Å²) in [5, 5.41) is 12.3. The Morgan fingerprint density at radius 1 is 1.27 bits per heavy atom. The second kappa shape index (κ2) is 6.96. The molecule has 1 aliphatic rings. The number of imidazole rings is 1. The monoisotopic (exact) mass is 355 g/mol. The first-order valence-electron chi connectivity index (χ1n) is 8.19. The van der Waals surface area contributed by atoms with Gasteiger partial charge < -0.3 is 24.9 Å². The molecule has 3 heterocycles. The van der Waals surface area contributed by atoms with Gasteiger partial charge in [-0.15, -0.1) is 0 Å². The first kappa shape index (κ1) is 16.3. The third-order valence-corrected chi connectivity index (χ3v) is 4.23. The maximum Gasteiger partial charge on any atom is 0.335 e. The number of aromatic carboxylic acids is 1. The van der Waals surface area contributed by atoms with Crippen molar-refractivity contribution in [2.75, 3.05) is 18.5 Å². The Balaban J connectivity index is 1.51. The van der Waals surface area contributed by atoms with E-state index < -0.39 is 5.97 Å². The lowest BCUT2D eigenvalue weighted by Crippen LogP contribution is -2.45. The van der Waals surface area contributed by atoms with E-state index in [-0.39, 0.29) is 17.7 Å². The van der Waals surface area contributed by atoms with Crippen molar-refractivity contribution in [1.82, 2.24) is 19.9 Å². The summed E-state index contributed by atoms with van der Waals surface area (Å²) in [5.74, 6) is 0.287. The highest BCUT2D eigenvalue weighted by atomic mass is 16.5. The number of nitrogens with zero attached hydrogens (tertiary/aromatic N) is 3. The highest BCUT2D eigenvalue weighted by molar-refractivity contribution is 5.87. The first-order chi connectivity index (χ1) is 12.7. The molecule has 0 radical (unpaired) electrons. The number of carbonyl (C=O) groups is 1. The molecule has 0 aliphatic carbocycles. The Morgan fingerprint density at radius 2 is 2.12 bits per heavy atom. The van der Waals surface area contributed by atoms with Crippen molar-refractivity contribution in [3.05, 3.63) is 42.5 Å². The molecule has 3 N–H and O–H groups in total. The van der Waals surface area contributed by atoms with Crippen LogP contribution in [0.1, 0.15) is 16.8 Å². The van der Waals surface area contributed by atoms with Crippen LogP contribution in [0.5, 0.6) is 5.75 Å². The van der Waals surface area contributed by atoms with E-state index >= 15 is 0 Å². The molecule has 1 aliphatic heterocycles. The Bertz CT molecular complexity index is 911. The second-order valence-electron chi connectivity index (χ2n) is 5.92. The van der Waals surface area contributed by atoms with Gasteiger partial charge in [0.2, 0.25) is 0 Å². The largest absolute Gasteiger partial charge is 0.488 e. The van der Waals surface area contributed by atoms with E-state index in [0.717, 1.165) is 5.52 Å². The quantitative estimate of drug-likeness (QED) is 0.632. The van der Waals surface area contributed by atoms with Crippen LogP contribution in [-0.4, -0.2) is 56.4 Å². The summed E-state index contributed by atoms with van der Waals surface area (Å²) in [6.07, 6.45) is 3.58. The lowest BCUT2D eigenvalue weighted by molar-refractivity contribution is 0.0147. The minimum atomic E-state index is -0.963. The van der Waals surface area contributed by atoms with Gasteiger partial charge in [-0.25, -0.2) is 19.7 Å². The fourth-order valence-electron chi connectivity index (χ4n) is 2.89. The minimum Gasteiger partial charge on any atom is -0.488 e. The molecule has 0 amide bonds. The summed E-state index contributed by atoms with van der Waals surface area (Å²) in [5.41, 5.74) is 1.53. The number of aromatic nitrogens is 4. The van der Waals surface area contributed by atoms with Crippen LogP contribution in [0, 0.1) is 0 Å². The van der Waals surface area contributed by atoms with E-state index in [1.165, 1.54) is 18.5 Å². The number of hydrogen-bond donors (Lipinski definition) is 3. The maximum absolute atomic E-state index is 11.0. The highest BCUT2D eigenvalue weighted by Crippen LogP contribution is 2.23. The number of carboxylic acid groups (broad SMARTS) is 1. The van der Waals surface area contributed by atoms with Gasteiger partial charge in [0.25, 0.3) is 0 Å². The normalized spacial score (nSPS) is 20.0. The Kier molecular flexibility index (Phi) is 4.36. The average molecular weight is 355 g/mol. The summed E-state index contributed by atoms with van der Waals surface area (Å²) in [7, 11) is 0. The zero-order chi connectivity index (χ0) is 17.9. The number of anilines is 1. The summed E-state index contributed by atoms with van der Waals surface area (Å²) < 4.78 is 11.6. The zero-order valence-corrected chi connectivity index (χ0v) is 13.8. The van der Waals surface area contributed by atoms with Crippen molar-refractivity contribution in [3.8, 4) is 5.75 Å². The van der Waals surface area contributed by atoms with Crippen LogP contribution in [-0.2, 0) is 4.74 Å². The van der Waals surface area contributed by atoms with Gasteiger partial charge in [0.15, 0.2) is 11.5 Å². The van der Waals surface area contributed by atoms with Crippen molar-refractivity contribution >= 4 is 23.0 Å². The number of benzene rings is 1. The van der Waals surface area contributed by atoms with Crippen molar-refractivity contribution in [2.24, 2.45) is 0 Å². The second-order valence-corrected chi connectivity index (χ2v) is 5.92. The summed E-state index contributed by atoms with van der Waals surface area (Å²) in [4.78, 5) is 26.5. The summed E-state index contributed by atoms with van der Waals surface area (Å²) in [6.45, 7) is 1.07. The smallest absolute Gasteiger partial charge is 0.335 e. The molecule has 0 spiro atoms. The molecule has 2 aromatic heterocycles. The van der Waals surface area contributed by atoms with Crippen LogP contribution >= 0.6 is 0 Å². The van der Waals surface area contributed by atoms with Gasteiger partial charge in [0, 0.05) is 6.42 Å². The van der Waals surface area contributed by atoms with Gasteiger partial charge in [-0.2, -0.15) is 0 Å². The van der Waals surface area contributed by atoms with E-state index in [1.807, 2.05) is 0 Å². The molecule has 9 nitrogen and oxygen atoms in total. The highest BCUT2D eigenvalue weighted by Gasteiger charge is 2.28. The topological polar surface area (TPSA) is 122 Å². The molecule has 0 unspecified atom stereocenters. The number of H-pyrrole nitrogens is 1. The predicted molar refractivity (Wildman–Crippen MR) is 92.3 cm³/mol. The van der Waals surface area contributed by atoms with Gasteiger partial charge in [-0.1, -0.05) is 0 Å². The number of rotatable bonds is 5. The first-order valence-corrected chi connectivity index (χ1v) is 8.19. The molecule has 0 saturated carbocycles. The van der Waals surface area contributed by atoms with Crippen molar-refractivity contribution in [3.63, 3.8) is 0 Å². The standard InChI is InChI=1S/C17H17N5O4/c23-17(24)10-1-3-11(4-2-10)26-13-5-6-25-7-12(13)22-16-14-15(19-8-18-14)20-9-21-16/h1-4,8-9,12-13H,5-7H2,(H,23,24)(H2,18,19,20,21,22)/t12-,13-/m1/s1. The van der Waals surface area contributed by atoms with Crippen LogP contribution in [0.3, 0.4) is 0 Å². The van der Waals surface area contributed by atoms with Gasteiger partial charge >= 0.3 is 5.97 Å². The average Bonchev–Trinajstić information content (AvgIpc) is 3.14. The minimum absolute atomic E-state index is 0.121. The van der Waals surface area contributed by atoms with E-state index in [9.17, 15) is 4.79 Å². The molecule has 1 aromatic carbocycles. The number of fused-ring (bicyclic) bond motifs is 1. The van der Waals surface area contributed by atoms with Crippen LogP contribution in [0.15, 0.2) is 36.9 Å².